The lowest BCUT2D eigenvalue weighted by Gasteiger charge is -2.45. The van der Waals surface area contributed by atoms with E-state index in [-0.39, 0.29) is 41.8 Å². The van der Waals surface area contributed by atoms with Crippen LogP contribution in [-0.2, 0) is 31.3 Å². The van der Waals surface area contributed by atoms with Gasteiger partial charge in [-0.3, -0.25) is 4.79 Å². The van der Waals surface area contributed by atoms with Crippen LogP contribution in [0.25, 0.3) is 0 Å². The molecule has 2 aromatic carbocycles. The molecule has 47 heavy (non-hydrogen) atoms. The van der Waals surface area contributed by atoms with Gasteiger partial charge in [0.1, 0.15) is 11.0 Å². The number of carbonyl (C=O) groups excluding carboxylic acids is 1. The van der Waals surface area contributed by atoms with E-state index in [1.54, 1.807) is 24.3 Å². The summed E-state index contributed by atoms with van der Waals surface area (Å²) in [6, 6.07) is 11.3. The van der Waals surface area contributed by atoms with Crippen LogP contribution in [0, 0.1) is 11.8 Å². The van der Waals surface area contributed by atoms with E-state index in [0.717, 1.165) is 55.7 Å². The molecule has 11 heteroatoms. The molecule has 3 heterocycles. The van der Waals surface area contributed by atoms with Gasteiger partial charge in [-0.2, -0.15) is 0 Å². The zero-order chi connectivity index (χ0) is 32.8. The fourth-order valence-corrected chi connectivity index (χ4v) is 10.3. The van der Waals surface area contributed by atoms with Gasteiger partial charge in [-0.25, -0.2) is 13.1 Å². The third kappa shape index (κ3) is 6.56. The molecule has 0 unspecified atom stereocenters. The molecule has 7 atom stereocenters. The van der Waals surface area contributed by atoms with Crippen molar-refractivity contribution in [2.45, 2.75) is 86.8 Å². The zero-order valence-corrected chi connectivity index (χ0v) is 28.5. The fraction of sp³-hybridized carbons (Fsp3) is 0.583. The minimum absolute atomic E-state index is 0.0686. The second-order valence-electron chi connectivity index (χ2n) is 14.1. The minimum atomic E-state index is -4.18. The highest BCUT2D eigenvalue weighted by molar-refractivity contribution is 7.90. The van der Waals surface area contributed by atoms with Crippen LogP contribution in [0.5, 0.6) is 5.75 Å². The molecule has 2 aliphatic carbocycles. The summed E-state index contributed by atoms with van der Waals surface area (Å²) in [5.41, 5.74) is 3.21. The molecule has 1 saturated carbocycles. The van der Waals surface area contributed by atoms with Crippen molar-refractivity contribution in [3.63, 3.8) is 0 Å². The molecule has 1 amide bonds. The molecule has 5 aliphatic rings. The maximum absolute atomic E-state index is 13.9. The number of carbonyl (C=O) groups is 1. The monoisotopic (exact) mass is 684 g/mol. The molecule has 2 N–H and O–H groups in total. The second-order valence-corrected chi connectivity index (χ2v) is 16.4. The lowest BCUT2D eigenvalue weighted by molar-refractivity contribution is 0.0447. The minimum Gasteiger partial charge on any atom is -0.490 e. The summed E-state index contributed by atoms with van der Waals surface area (Å²) in [4.78, 5) is 16.1. The number of halogens is 1. The maximum atomic E-state index is 13.9. The van der Waals surface area contributed by atoms with Crippen molar-refractivity contribution in [1.82, 2.24) is 4.72 Å². The Hall–Kier alpha value is -2.63. The summed E-state index contributed by atoms with van der Waals surface area (Å²) in [6.45, 7) is 2.43. The van der Waals surface area contributed by atoms with Crippen molar-refractivity contribution >= 4 is 33.2 Å². The number of sulfonamides is 1. The fourth-order valence-electron chi connectivity index (χ4n) is 8.54. The number of aryl methyl sites for hydroxylation is 1. The van der Waals surface area contributed by atoms with Crippen molar-refractivity contribution in [3.05, 3.63) is 70.3 Å². The van der Waals surface area contributed by atoms with Crippen LogP contribution in [0.4, 0.5) is 5.69 Å². The van der Waals surface area contributed by atoms with Crippen LogP contribution < -0.4 is 14.4 Å². The maximum Gasteiger partial charge on any atom is 0.264 e. The van der Waals surface area contributed by atoms with E-state index >= 15 is 0 Å². The number of anilines is 1. The Morgan fingerprint density at radius 1 is 1.15 bits per heavy atom. The Labute approximate surface area is 282 Å². The Kier molecular flexibility index (Phi) is 9.34. The summed E-state index contributed by atoms with van der Waals surface area (Å²) >= 11 is 6.41. The molecule has 2 bridgehead atoms. The highest BCUT2D eigenvalue weighted by Crippen LogP contribution is 2.47. The number of aliphatic hydroxyl groups excluding tert-OH is 1. The number of ether oxygens (including phenoxy) is 3. The number of hydrogen-bond donors (Lipinski definition) is 2. The average Bonchev–Trinajstić information content (AvgIpc) is 3.50. The van der Waals surface area contributed by atoms with Gasteiger partial charge in [0.05, 0.1) is 30.6 Å². The van der Waals surface area contributed by atoms with Crippen LogP contribution in [-0.4, -0.2) is 76.4 Å². The lowest BCUT2D eigenvalue weighted by atomic mass is 9.68. The van der Waals surface area contributed by atoms with Gasteiger partial charge in [0.15, 0.2) is 0 Å². The van der Waals surface area contributed by atoms with E-state index in [2.05, 4.69) is 21.8 Å². The number of aliphatic hydroxyl groups is 1. The molecule has 0 radical (unpaired) electrons. The van der Waals surface area contributed by atoms with Crippen molar-refractivity contribution in [2.24, 2.45) is 11.8 Å². The lowest BCUT2D eigenvalue weighted by Crippen LogP contribution is -2.49. The Balaban J connectivity index is 1.27. The van der Waals surface area contributed by atoms with Gasteiger partial charge in [-0.1, -0.05) is 29.8 Å². The number of methoxy groups -OCH3 is 1. The first-order valence-electron chi connectivity index (χ1n) is 17.0. The van der Waals surface area contributed by atoms with Crippen molar-refractivity contribution in [2.75, 3.05) is 38.3 Å². The molecule has 7 rings (SSSR count). The number of nitrogens with zero attached hydrogens (tertiary/aromatic N) is 1. The number of rotatable bonds is 3. The molecule has 254 valence electrons. The molecule has 3 aliphatic heterocycles. The van der Waals surface area contributed by atoms with Crippen LogP contribution in [0.15, 0.2) is 48.6 Å². The third-order valence-corrected chi connectivity index (χ3v) is 13.2. The molecule has 1 spiro atoms. The molecular formula is C36H45ClN2O7S. The summed E-state index contributed by atoms with van der Waals surface area (Å²) in [6.07, 6.45) is 8.95. The molecule has 2 aromatic rings. The first kappa shape index (κ1) is 32.9. The van der Waals surface area contributed by atoms with E-state index in [1.807, 2.05) is 12.1 Å². The van der Waals surface area contributed by atoms with Gasteiger partial charge in [-0.15, -0.1) is 0 Å². The summed E-state index contributed by atoms with van der Waals surface area (Å²) < 4.78 is 48.4. The largest absolute Gasteiger partial charge is 0.490 e. The van der Waals surface area contributed by atoms with Crippen LogP contribution in [0.3, 0.4) is 0 Å². The smallest absolute Gasteiger partial charge is 0.264 e. The number of amides is 1. The van der Waals surface area contributed by atoms with Gasteiger partial charge in [0, 0.05) is 42.8 Å². The standard InChI is InChI=1S/C36H45ClN2O7S/c1-44-33-8-2-7-31(40)28-12-9-25(28)20-39-21-36(15-3-5-23-17-26(37)11-13-29(23)36)22-46-32-14-10-24(18-30(32)39)35(41)38-47(42,43)34(33)19-27-6-4-16-45-27/h2,7,10-11,13-14,17-18,25,27-28,31,33-34,40H,3-6,8-9,12,15-16,19-22H2,1H3,(H,38,41)/b7-2+/t25-,27+,28+,31-,33+,34-,36-/m0/s1. The van der Waals surface area contributed by atoms with E-state index < -0.39 is 33.4 Å². The van der Waals surface area contributed by atoms with Gasteiger partial charge in [-0.05, 0) is 111 Å². The van der Waals surface area contributed by atoms with Crippen LogP contribution in [0.2, 0.25) is 5.02 Å². The van der Waals surface area contributed by atoms with E-state index in [4.69, 9.17) is 25.8 Å². The summed E-state index contributed by atoms with van der Waals surface area (Å²) in [5, 5.41) is 11.0. The predicted molar refractivity (Wildman–Crippen MR) is 181 cm³/mol. The second kappa shape index (κ2) is 13.3. The Morgan fingerprint density at radius 2 is 2.02 bits per heavy atom. The predicted octanol–water partition coefficient (Wildman–Crippen LogP) is 5.17. The molecule has 0 aromatic heterocycles. The summed E-state index contributed by atoms with van der Waals surface area (Å²) in [7, 11) is -2.69. The Bertz CT molecular complexity index is 1630. The van der Waals surface area contributed by atoms with E-state index in [1.165, 1.54) is 18.2 Å². The molecule has 9 nitrogen and oxygen atoms in total. The van der Waals surface area contributed by atoms with Gasteiger partial charge >= 0.3 is 0 Å². The van der Waals surface area contributed by atoms with Crippen molar-refractivity contribution < 1.29 is 32.5 Å². The highest BCUT2D eigenvalue weighted by atomic mass is 35.5. The van der Waals surface area contributed by atoms with Crippen LogP contribution >= 0.6 is 11.6 Å². The van der Waals surface area contributed by atoms with Gasteiger partial charge < -0.3 is 24.2 Å². The molecule has 1 saturated heterocycles. The first-order chi connectivity index (χ1) is 22.7. The van der Waals surface area contributed by atoms with Gasteiger partial charge in [0.25, 0.3) is 5.91 Å². The zero-order valence-electron chi connectivity index (χ0n) is 26.9. The quantitative estimate of drug-likeness (QED) is 0.426. The van der Waals surface area contributed by atoms with E-state index in [0.29, 0.717) is 32.1 Å². The highest BCUT2D eigenvalue weighted by Gasteiger charge is 2.45. The summed E-state index contributed by atoms with van der Waals surface area (Å²) in [5.74, 6) is 0.285. The van der Waals surface area contributed by atoms with Crippen molar-refractivity contribution in [3.8, 4) is 5.75 Å². The number of hydrogen-bond acceptors (Lipinski definition) is 8. The third-order valence-electron chi connectivity index (χ3n) is 11.2. The average molecular weight is 685 g/mol. The van der Waals surface area contributed by atoms with Crippen molar-refractivity contribution in [1.29, 1.82) is 0 Å². The molecule has 2 fully saturated rings. The number of benzene rings is 2. The Morgan fingerprint density at radius 3 is 2.79 bits per heavy atom. The molecular weight excluding hydrogens is 640 g/mol. The van der Waals surface area contributed by atoms with Gasteiger partial charge in [0.2, 0.25) is 10.0 Å². The van der Waals surface area contributed by atoms with E-state index in [9.17, 15) is 18.3 Å². The normalized spacial score (nSPS) is 34.3. The SMILES string of the molecule is CO[C@@H]1C/C=C/[C@H](O)[C@@H]2CC[C@H]2CN2C[C@@]3(CCCc4cc(Cl)ccc43)COc3ccc(cc32)C(=O)NS(=O)(=O)[C@H]1C[C@H]1CCCO1. The number of fused-ring (bicyclic) bond motifs is 4. The first-order valence-corrected chi connectivity index (χ1v) is 18.9. The topological polar surface area (TPSA) is 114 Å². The van der Waals surface area contributed by atoms with Crippen LogP contribution in [0.1, 0.15) is 72.9 Å². The number of nitrogens with one attached hydrogen (secondary N) is 1.